The number of carbonyl (C=O) groups is 3. The first-order chi connectivity index (χ1) is 12.8. The zero-order valence-electron chi connectivity index (χ0n) is 15.9. The van der Waals surface area contributed by atoms with Gasteiger partial charge in [0.25, 0.3) is 5.91 Å². The van der Waals surface area contributed by atoms with Gasteiger partial charge in [-0.1, -0.05) is 12.1 Å². The fourth-order valence-corrected chi connectivity index (χ4v) is 3.37. The molecular weight excluding hydrogens is 346 g/mol. The lowest BCUT2D eigenvalue weighted by atomic mass is 10.1. The molecule has 0 radical (unpaired) electrons. The summed E-state index contributed by atoms with van der Waals surface area (Å²) >= 11 is 0. The topological polar surface area (TPSA) is 82.9 Å². The molecule has 7 heteroatoms. The first-order valence-electron chi connectivity index (χ1n) is 8.81. The zero-order chi connectivity index (χ0) is 19.7. The summed E-state index contributed by atoms with van der Waals surface area (Å²) in [5.41, 5.74) is 1.68. The summed E-state index contributed by atoms with van der Waals surface area (Å²) in [6.45, 7) is 5.22. The molecule has 0 spiro atoms. The lowest BCUT2D eigenvalue weighted by Gasteiger charge is -2.29. The molecule has 1 N–H and O–H groups in total. The summed E-state index contributed by atoms with van der Waals surface area (Å²) in [4.78, 5) is 40.7. The molecule has 142 valence electrons. The van der Waals surface area contributed by atoms with E-state index in [9.17, 15) is 14.4 Å². The molecule has 1 aliphatic rings. The van der Waals surface area contributed by atoms with Crippen LogP contribution in [0, 0.1) is 13.8 Å². The Kier molecular flexibility index (Phi) is 5.03. The van der Waals surface area contributed by atoms with Crippen molar-refractivity contribution in [2.24, 2.45) is 0 Å². The number of nitrogens with one attached hydrogen (secondary N) is 1. The van der Waals surface area contributed by atoms with Crippen molar-refractivity contribution in [3.63, 3.8) is 0 Å². The SMILES string of the molecule is Cc1cc(C(=O)N(C)CC(=O)N2c3ccccc3NC(=O)C[C@@H]2C)c(C)o1. The van der Waals surface area contributed by atoms with Gasteiger partial charge in [0.05, 0.1) is 16.9 Å². The minimum absolute atomic E-state index is 0.102. The number of aryl methyl sites for hydroxylation is 2. The minimum atomic E-state index is -0.317. The molecule has 2 heterocycles. The van der Waals surface area contributed by atoms with Crippen molar-refractivity contribution in [3.8, 4) is 0 Å². The molecule has 0 aliphatic carbocycles. The number of carbonyl (C=O) groups excluding carboxylic acids is 3. The van der Waals surface area contributed by atoms with Gasteiger partial charge < -0.3 is 19.5 Å². The maximum Gasteiger partial charge on any atom is 0.257 e. The normalized spacial score (nSPS) is 16.4. The molecule has 1 atom stereocenters. The van der Waals surface area contributed by atoms with Crippen molar-refractivity contribution in [2.75, 3.05) is 23.8 Å². The highest BCUT2D eigenvalue weighted by Gasteiger charge is 2.31. The summed E-state index contributed by atoms with van der Waals surface area (Å²) in [6, 6.07) is 8.53. The third kappa shape index (κ3) is 3.72. The van der Waals surface area contributed by atoms with E-state index in [1.165, 1.54) is 4.90 Å². The number of fused-ring (bicyclic) bond motifs is 1. The number of hydrogen-bond donors (Lipinski definition) is 1. The van der Waals surface area contributed by atoms with Crippen LogP contribution in [0.2, 0.25) is 0 Å². The van der Waals surface area contributed by atoms with E-state index in [1.807, 2.05) is 13.0 Å². The predicted molar refractivity (Wildman–Crippen MR) is 102 cm³/mol. The van der Waals surface area contributed by atoms with E-state index in [2.05, 4.69) is 5.32 Å². The van der Waals surface area contributed by atoms with E-state index in [4.69, 9.17) is 4.42 Å². The highest BCUT2D eigenvalue weighted by atomic mass is 16.3. The van der Waals surface area contributed by atoms with Crippen molar-refractivity contribution < 1.29 is 18.8 Å². The van der Waals surface area contributed by atoms with Crippen LogP contribution < -0.4 is 10.2 Å². The maximum atomic E-state index is 13.0. The summed E-state index contributed by atoms with van der Waals surface area (Å²) in [6.07, 6.45) is 0.193. The van der Waals surface area contributed by atoms with Crippen LogP contribution in [-0.4, -0.2) is 42.3 Å². The number of anilines is 2. The van der Waals surface area contributed by atoms with Gasteiger partial charge in [0, 0.05) is 19.5 Å². The average molecular weight is 369 g/mol. The molecule has 1 aromatic carbocycles. The van der Waals surface area contributed by atoms with Crippen LogP contribution in [0.1, 0.15) is 35.2 Å². The molecule has 1 aliphatic heterocycles. The Bertz CT molecular complexity index is 902. The Morgan fingerprint density at radius 2 is 2.00 bits per heavy atom. The Morgan fingerprint density at radius 1 is 1.30 bits per heavy atom. The summed E-state index contributed by atoms with van der Waals surface area (Å²) in [5, 5.41) is 2.82. The molecule has 7 nitrogen and oxygen atoms in total. The number of amides is 3. The molecule has 3 rings (SSSR count). The molecule has 0 saturated heterocycles. The van der Waals surface area contributed by atoms with Crippen LogP contribution in [0.4, 0.5) is 11.4 Å². The standard InChI is InChI=1S/C20H23N3O4/c1-12-9-18(24)21-16-7-5-6-8-17(16)23(12)19(25)11-22(4)20(26)15-10-13(2)27-14(15)3/h5-8,10,12H,9,11H2,1-4H3,(H,21,24)/t12-/m0/s1. The van der Waals surface area contributed by atoms with E-state index in [0.717, 1.165) is 0 Å². The Morgan fingerprint density at radius 3 is 2.67 bits per heavy atom. The monoisotopic (exact) mass is 369 g/mol. The van der Waals surface area contributed by atoms with E-state index in [-0.39, 0.29) is 36.7 Å². The van der Waals surface area contributed by atoms with Crippen molar-refractivity contribution in [1.29, 1.82) is 0 Å². The molecule has 3 amide bonds. The van der Waals surface area contributed by atoms with Gasteiger partial charge in [-0.3, -0.25) is 14.4 Å². The number of benzene rings is 1. The second-order valence-electron chi connectivity index (χ2n) is 6.87. The van der Waals surface area contributed by atoms with Gasteiger partial charge in [-0.15, -0.1) is 0 Å². The summed E-state index contributed by atoms with van der Waals surface area (Å²) in [7, 11) is 1.58. The van der Waals surface area contributed by atoms with Gasteiger partial charge in [-0.05, 0) is 39.0 Å². The van der Waals surface area contributed by atoms with Gasteiger partial charge in [0.2, 0.25) is 11.8 Å². The van der Waals surface area contributed by atoms with Gasteiger partial charge >= 0.3 is 0 Å². The first kappa shape index (κ1) is 18.7. The van der Waals surface area contributed by atoms with Crippen LogP contribution in [0.25, 0.3) is 0 Å². The quantitative estimate of drug-likeness (QED) is 0.902. The van der Waals surface area contributed by atoms with Crippen molar-refractivity contribution in [2.45, 2.75) is 33.2 Å². The predicted octanol–water partition coefficient (Wildman–Crippen LogP) is 2.73. The van der Waals surface area contributed by atoms with Gasteiger partial charge in [-0.25, -0.2) is 0 Å². The minimum Gasteiger partial charge on any atom is -0.466 e. The van der Waals surface area contributed by atoms with Gasteiger partial charge in [-0.2, -0.15) is 0 Å². The van der Waals surface area contributed by atoms with Gasteiger partial charge in [0.15, 0.2) is 0 Å². The lowest BCUT2D eigenvalue weighted by molar-refractivity contribution is -0.119. The molecule has 27 heavy (non-hydrogen) atoms. The second kappa shape index (κ2) is 7.26. The van der Waals surface area contributed by atoms with Crippen LogP contribution in [0.3, 0.4) is 0 Å². The second-order valence-corrected chi connectivity index (χ2v) is 6.87. The van der Waals surface area contributed by atoms with E-state index < -0.39 is 0 Å². The smallest absolute Gasteiger partial charge is 0.257 e. The van der Waals surface area contributed by atoms with E-state index in [1.54, 1.807) is 50.1 Å². The van der Waals surface area contributed by atoms with Crippen LogP contribution in [-0.2, 0) is 9.59 Å². The molecule has 1 aromatic heterocycles. The highest BCUT2D eigenvalue weighted by molar-refractivity contribution is 6.06. The zero-order valence-corrected chi connectivity index (χ0v) is 15.9. The summed E-state index contributed by atoms with van der Waals surface area (Å²) < 4.78 is 5.41. The maximum absolute atomic E-state index is 13.0. The largest absolute Gasteiger partial charge is 0.466 e. The molecule has 2 aromatic rings. The molecular formula is C20H23N3O4. The van der Waals surface area contributed by atoms with Crippen LogP contribution in [0.5, 0.6) is 0 Å². The van der Waals surface area contributed by atoms with Gasteiger partial charge in [0.1, 0.15) is 18.1 Å². The van der Waals surface area contributed by atoms with E-state index in [0.29, 0.717) is 28.5 Å². The molecule has 0 saturated carbocycles. The Balaban J connectivity index is 1.83. The third-order valence-corrected chi connectivity index (χ3v) is 4.62. The number of nitrogens with zero attached hydrogens (tertiary/aromatic N) is 2. The first-order valence-corrected chi connectivity index (χ1v) is 8.81. The van der Waals surface area contributed by atoms with Crippen LogP contribution in [0.15, 0.2) is 34.7 Å². The number of hydrogen-bond acceptors (Lipinski definition) is 4. The lowest BCUT2D eigenvalue weighted by Crippen LogP contribution is -2.45. The highest BCUT2D eigenvalue weighted by Crippen LogP contribution is 2.31. The third-order valence-electron chi connectivity index (χ3n) is 4.62. The van der Waals surface area contributed by atoms with Crippen molar-refractivity contribution in [1.82, 2.24) is 4.90 Å². The average Bonchev–Trinajstić information content (AvgIpc) is 2.86. The number of likely N-dealkylation sites (N-methyl/N-ethyl adjacent to an activating group) is 1. The molecule has 0 bridgehead atoms. The van der Waals surface area contributed by atoms with Crippen LogP contribution >= 0.6 is 0 Å². The summed E-state index contributed by atoms with van der Waals surface area (Å²) in [5.74, 6) is 0.511. The number of rotatable bonds is 3. The fraction of sp³-hybridized carbons (Fsp3) is 0.350. The van der Waals surface area contributed by atoms with Crippen molar-refractivity contribution >= 4 is 29.1 Å². The van der Waals surface area contributed by atoms with Crippen molar-refractivity contribution in [3.05, 3.63) is 47.4 Å². The number of furan rings is 1. The molecule has 0 fully saturated rings. The fourth-order valence-electron chi connectivity index (χ4n) is 3.37. The number of para-hydroxylation sites is 2. The Labute approximate surface area is 157 Å². The van der Waals surface area contributed by atoms with E-state index >= 15 is 0 Å². The Hall–Kier alpha value is -3.09. The molecule has 0 unspecified atom stereocenters.